The zero-order valence-electron chi connectivity index (χ0n) is 14.9. The maximum Gasteiger partial charge on any atom is 0.434 e. The number of carbonyl (C=O) groups is 1. The quantitative estimate of drug-likeness (QED) is 0.640. The van der Waals surface area contributed by atoms with Gasteiger partial charge in [0.15, 0.2) is 0 Å². The number of carbonyl (C=O) groups excluding carboxylic acids is 1. The second kappa shape index (κ2) is 8.35. The predicted octanol–water partition coefficient (Wildman–Crippen LogP) is 2.66. The number of nitrogens with zero attached hydrogens (tertiary/aromatic N) is 2. The molecule has 1 amide bonds. The van der Waals surface area contributed by atoms with Gasteiger partial charge in [-0.05, 0) is 45.2 Å². The van der Waals surface area contributed by atoms with Crippen molar-refractivity contribution in [2.24, 2.45) is 0 Å². The van der Waals surface area contributed by atoms with Gasteiger partial charge in [-0.25, -0.2) is 4.79 Å². The first-order valence-electron chi connectivity index (χ1n) is 8.60. The van der Waals surface area contributed by atoms with Crippen molar-refractivity contribution in [3.8, 4) is 0 Å². The van der Waals surface area contributed by atoms with Gasteiger partial charge in [0.05, 0.1) is 6.54 Å². The van der Waals surface area contributed by atoms with Crippen molar-refractivity contribution in [3.63, 3.8) is 0 Å². The largest absolute Gasteiger partial charge is 0.442 e. The van der Waals surface area contributed by atoms with Gasteiger partial charge >= 0.3 is 6.09 Å². The topological polar surface area (TPSA) is 65.0 Å². The zero-order valence-corrected chi connectivity index (χ0v) is 14.9. The van der Waals surface area contributed by atoms with Crippen LogP contribution in [0.15, 0.2) is 24.3 Å². The lowest BCUT2D eigenvalue weighted by Gasteiger charge is -2.31. The summed E-state index contributed by atoms with van der Waals surface area (Å²) in [6.45, 7) is 9.59. The molecule has 0 spiro atoms. The van der Waals surface area contributed by atoms with Crippen LogP contribution in [0.5, 0.6) is 0 Å². The van der Waals surface area contributed by atoms with Crippen LogP contribution in [0.1, 0.15) is 32.8 Å². The fourth-order valence-corrected chi connectivity index (χ4v) is 2.76. The monoisotopic (exact) mass is 335 g/mol. The van der Waals surface area contributed by atoms with E-state index in [4.69, 9.17) is 4.74 Å². The molecule has 0 unspecified atom stereocenters. The van der Waals surface area contributed by atoms with Gasteiger partial charge in [-0.15, -0.1) is 0 Å². The average Bonchev–Trinajstić information content (AvgIpc) is 2.54. The van der Waals surface area contributed by atoms with Crippen LogP contribution < -0.4 is 10.2 Å². The molecule has 0 bridgehead atoms. The third-order valence-electron chi connectivity index (χ3n) is 3.87. The molecule has 1 fully saturated rings. The second-order valence-corrected chi connectivity index (χ2v) is 7.07. The summed E-state index contributed by atoms with van der Waals surface area (Å²) in [5, 5.41) is 13.8. The Hall–Kier alpha value is -1.79. The molecule has 6 nitrogen and oxygen atoms in total. The van der Waals surface area contributed by atoms with Crippen LogP contribution in [0.3, 0.4) is 0 Å². The van der Waals surface area contributed by atoms with Crippen LogP contribution >= 0.6 is 0 Å². The number of nitrogens with one attached hydrogen (secondary N) is 1. The van der Waals surface area contributed by atoms with Crippen molar-refractivity contribution < 1.29 is 14.7 Å². The molecule has 1 heterocycles. The highest BCUT2D eigenvalue weighted by molar-refractivity contribution is 5.66. The number of benzene rings is 1. The fraction of sp³-hybridized carbons (Fsp3) is 0.611. The Bertz CT molecular complexity index is 537. The van der Waals surface area contributed by atoms with E-state index in [9.17, 15) is 10.0 Å². The number of amides is 1. The number of hydrogen-bond acceptors (Lipinski definition) is 5. The Morgan fingerprint density at radius 1 is 1.29 bits per heavy atom. The van der Waals surface area contributed by atoms with Crippen molar-refractivity contribution in [1.29, 1.82) is 0 Å². The summed E-state index contributed by atoms with van der Waals surface area (Å²) in [5.74, 6) is 0. The molecule has 1 aliphatic rings. The smallest absolute Gasteiger partial charge is 0.434 e. The maximum absolute atomic E-state index is 11.8. The first kappa shape index (κ1) is 18.5. The molecule has 0 atom stereocenters. The lowest BCUT2D eigenvalue weighted by molar-refractivity contribution is -0.0941. The number of rotatable bonds is 5. The first-order valence-corrected chi connectivity index (χ1v) is 8.60. The van der Waals surface area contributed by atoms with Gasteiger partial charge in [0.1, 0.15) is 5.60 Å². The van der Waals surface area contributed by atoms with Crippen LogP contribution in [-0.2, 0) is 11.2 Å². The molecule has 2 N–H and O–H groups in total. The molecule has 1 aromatic carbocycles. The molecule has 0 aromatic heterocycles. The molecular formula is C18H29N3O3. The van der Waals surface area contributed by atoms with Crippen LogP contribution in [-0.4, -0.2) is 54.7 Å². The molecule has 0 aliphatic carbocycles. The highest BCUT2D eigenvalue weighted by atomic mass is 16.6. The van der Waals surface area contributed by atoms with Gasteiger partial charge in [0.25, 0.3) is 0 Å². The zero-order chi connectivity index (χ0) is 17.6. The van der Waals surface area contributed by atoms with Crippen LogP contribution in [0.4, 0.5) is 10.5 Å². The van der Waals surface area contributed by atoms with E-state index >= 15 is 0 Å². The van der Waals surface area contributed by atoms with Crippen molar-refractivity contribution in [2.45, 2.75) is 39.2 Å². The Labute approximate surface area is 144 Å². The molecule has 1 aliphatic heterocycles. The molecular weight excluding hydrogens is 306 g/mol. The lowest BCUT2D eigenvalue weighted by Crippen LogP contribution is -2.43. The Kier molecular flexibility index (Phi) is 6.45. The van der Waals surface area contributed by atoms with Crippen LogP contribution in [0.2, 0.25) is 0 Å². The summed E-state index contributed by atoms with van der Waals surface area (Å²) in [6.07, 6.45) is 0.789. The van der Waals surface area contributed by atoms with Gasteiger partial charge in [-0.2, -0.15) is 5.06 Å². The molecule has 1 saturated heterocycles. The number of aryl methyl sites for hydroxylation is 1. The van der Waals surface area contributed by atoms with E-state index in [2.05, 4.69) is 28.4 Å². The second-order valence-electron chi connectivity index (χ2n) is 7.07. The lowest BCUT2D eigenvalue weighted by atomic mass is 10.1. The van der Waals surface area contributed by atoms with E-state index in [1.54, 1.807) is 20.8 Å². The van der Waals surface area contributed by atoms with Gasteiger partial charge in [0.2, 0.25) is 0 Å². The molecule has 1 aromatic rings. The number of para-hydroxylation sites is 1. The third kappa shape index (κ3) is 5.69. The molecule has 134 valence electrons. The van der Waals surface area contributed by atoms with Crippen molar-refractivity contribution in [1.82, 2.24) is 10.4 Å². The minimum Gasteiger partial charge on any atom is -0.442 e. The van der Waals surface area contributed by atoms with Gasteiger partial charge in [-0.1, -0.05) is 18.2 Å². The molecule has 2 rings (SSSR count). The summed E-state index contributed by atoms with van der Waals surface area (Å²) in [7, 11) is 0. The van der Waals surface area contributed by atoms with Gasteiger partial charge in [-0.3, -0.25) is 5.21 Å². The van der Waals surface area contributed by atoms with E-state index in [-0.39, 0.29) is 6.54 Å². The molecule has 0 radical (unpaired) electrons. The number of hydrogen-bond donors (Lipinski definition) is 2. The van der Waals surface area contributed by atoms with Crippen LogP contribution in [0.25, 0.3) is 0 Å². The summed E-state index contributed by atoms with van der Waals surface area (Å²) < 4.78 is 5.14. The minimum absolute atomic E-state index is 0.255. The predicted molar refractivity (Wildman–Crippen MR) is 94.6 cm³/mol. The molecule has 24 heavy (non-hydrogen) atoms. The number of anilines is 1. The van der Waals surface area contributed by atoms with E-state index in [1.165, 1.54) is 11.3 Å². The van der Waals surface area contributed by atoms with E-state index in [1.807, 2.05) is 6.07 Å². The summed E-state index contributed by atoms with van der Waals surface area (Å²) in [5.41, 5.74) is 1.89. The minimum atomic E-state index is -0.696. The molecule has 0 saturated carbocycles. The van der Waals surface area contributed by atoms with E-state index in [0.29, 0.717) is 11.5 Å². The standard InChI is InChI=1S/C18H29N3O3/c1-18(2,3)24-17(22)21(23)12-6-8-15-7-4-5-9-16(15)20-13-10-19-11-14-20/h4-5,7,9,19,23H,6,8,10-14H2,1-3H3. The van der Waals surface area contributed by atoms with Crippen LogP contribution in [0, 0.1) is 0 Å². The first-order chi connectivity index (χ1) is 11.4. The third-order valence-corrected chi connectivity index (χ3v) is 3.87. The number of hydroxylamine groups is 2. The van der Waals surface area contributed by atoms with Gasteiger partial charge in [0, 0.05) is 31.9 Å². The highest BCUT2D eigenvalue weighted by Crippen LogP contribution is 2.22. The van der Waals surface area contributed by atoms with E-state index in [0.717, 1.165) is 32.6 Å². The fourth-order valence-electron chi connectivity index (χ4n) is 2.76. The van der Waals surface area contributed by atoms with Crippen molar-refractivity contribution in [3.05, 3.63) is 29.8 Å². The van der Waals surface area contributed by atoms with E-state index < -0.39 is 11.7 Å². The highest BCUT2D eigenvalue weighted by Gasteiger charge is 2.21. The molecule has 6 heteroatoms. The summed E-state index contributed by atoms with van der Waals surface area (Å²) in [6, 6.07) is 8.35. The average molecular weight is 335 g/mol. The van der Waals surface area contributed by atoms with Gasteiger partial charge < -0.3 is 15.0 Å². The number of ether oxygens (including phenoxy) is 1. The SMILES string of the molecule is CC(C)(C)OC(=O)N(O)CCCc1ccccc1N1CCNCC1. The normalized spacial score (nSPS) is 15.2. The van der Waals surface area contributed by atoms with Crippen molar-refractivity contribution >= 4 is 11.8 Å². The Morgan fingerprint density at radius 2 is 1.96 bits per heavy atom. The summed E-state index contributed by atoms with van der Waals surface area (Å²) >= 11 is 0. The van der Waals surface area contributed by atoms with Crippen molar-refractivity contribution in [2.75, 3.05) is 37.6 Å². The number of piperazine rings is 1. The maximum atomic E-state index is 11.8. The Balaban J connectivity index is 1.87. The Morgan fingerprint density at radius 3 is 2.62 bits per heavy atom. The summed E-state index contributed by atoms with van der Waals surface area (Å²) in [4.78, 5) is 14.1.